The van der Waals surface area contributed by atoms with Gasteiger partial charge >= 0.3 is 11.8 Å². The number of alkyl halides is 3. The highest BCUT2D eigenvalue weighted by molar-refractivity contribution is 5.99. The molecule has 1 atom stereocenters. The highest BCUT2D eigenvalue weighted by atomic mass is 19.4. The van der Waals surface area contributed by atoms with Gasteiger partial charge in [-0.1, -0.05) is 24.3 Å². The molecule has 1 aliphatic rings. The number of ether oxygens (including phenoxy) is 1. The molecule has 10 nitrogen and oxygen atoms in total. The second-order valence-corrected chi connectivity index (χ2v) is 10.3. The van der Waals surface area contributed by atoms with E-state index in [9.17, 15) is 22.8 Å². The number of nitrogens with zero attached hydrogens (tertiary/aromatic N) is 5. The number of hydrogen-bond acceptors (Lipinski definition) is 9. The van der Waals surface area contributed by atoms with Gasteiger partial charge in [0.2, 0.25) is 0 Å². The number of hydrogen-bond donors (Lipinski definition) is 1. The van der Waals surface area contributed by atoms with E-state index in [2.05, 4.69) is 26.0 Å². The number of fused-ring (bicyclic) bond motifs is 2. The van der Waals surface area contributed by atoms with Crippen molar-refractivity contribution in [3.8, 4) is 17.0 Å². The minimum atomic E-state index is -4.74. The van der Waals surface area contributed by atoms with Crippen LogP contribution in [0.5, 0.6) is 5.75 Å². The lowest BCUT2D eigenvalue weighted by Gasteiger charge is -2.25. The summed E-state index contributed by atoms with van der Waals surface area (Å²) in [6.07, 6.45) is -0.727. The molecule has 5 aromatic rings. The summed E-state index contributed by atoms with van der Waals surface area (Å²) in [6, 6.07) is 9.26. The maximum atomic E-state index is 13.8. The van der Waals surface area contributed by atoms with Gasteiger partial charge in [-0.05, 0) is 55.6 Å². The van der Waals surface area contributed by atoms with E-state index in [0.717, 1.165) is 29.1 Å². The first-order valence-corrected chi connectivity index (χ1v) is 13.3. The van der Waals surface area contributed by atoms with Crippen LogP contribution in [0.15, 0.2) is 64.1 Å². The molecule has 0 saturated carbocycles. The molecule has 0 saturated heterocycles. The normalized spacial score (nSPS) is 15.0. The van der Waals surface area contributed by atoms with E-state index in [4.69, 9.17) is 14.9 Å². The van der Waals surface area contributed by atoms with Crippen molar-refractivity contribution in [3.05, 3.63) is 82.2 Å². The lowest BCUT2D eigenvalue weighted by Crippen LogP contribution is -2.24. The van der Waals surface area contributed by atoms with Crippen molar-refractivity contribution in [2.75, 3.05) is 25.9 Å². The fraction of sp³-hybridized carbons (Fsp3) is 0.233. The monoisotopic (exact) mass is 590 g/mol. The van der Waals surface area contributed by atoms with Crippen LogP contribution < -0.4 is 16.1 Å². The zero-order valence-corrected chi connectivity index (χ0v) is 23.1. The second kappa shape index (κ2) is 10.7. The summed E-state index contributed by atoms with van der Waals surface area (Å²) in [5, 5.41) is 6.00. The van der Waals surface area contributed by atoms with Crippen molar-refractivity contribution in [2.45, 2.75) is 25.6 Å². The molecule has 0 fully saturated rings. The van der Waals surface area contributed by atoms with Gasteiger partial charge in [0.15, 0.2) is 5.65 Å². The van der Waals surface area contributed by atoms with Crippen molar-refractivity contribution >= 4 is 39.7 Å². The standard InChI is InChI=1S/C30H25F3N6O4/c1-16(26-23(17-7-9-38(2)10-8-17)21-5-3-4-6-22(21)29(41)43-26)39-28-24(27(34)35-14-36-28)25(37-39)18-11-19(30(31,32)33)13-20(12-18)42-15-40/h3-7,11-16H,8-10H2,1-2H3,(H2,34,35,36). The largest absolute Gasteiger partial charge is 0.429 e. The van der Waals surface area contributed by atoms with Gasteiger partial charge in [0.05, 0.1) is 16.3 Å². The molecule has 1 aliphatic heterocycles. The number of nitrogens with two attached hydrogens (primary N) is 1. The van der Waals surface area contributed by atoms with Gasteiger partial charge in [-0.3, -0.25) is 4.79 Å². The van der Waals surface area contributed by atoms with Gasteiger partial charge in [-0.25, -0.2) is 19.4 Å². The van der Waals surface area contributed by atoms with Crippen molar-refractivity contribution in [1.29, 1.82) is 0 Å². The van der Waals surface area contributed by atoms with Crippen LogP contribution in [-0.2, 0) is 11.0 Å². The molecule has 2 N–H and O–H groups in total. The lowest BCUT2D eigenvalue weighted by molar-refractivity contribution is -0.138. The van der Waals surface area contributed by atoms with Gasteiger partial charge in [0, 0.05) is 24.2 Å². The van der Waals surface area contributed by atoms with Crippen LogP contribution in [0, 0.1) is 0 Å². The number of benzene rings is 2. The molecular formula is C30H25F3N6O4. The molecule has 220 valence electrons. The number of nitrogen functional groups attached to an aromatic ring is 1. The van der Waals surface area contributed by atoms with Crippen LogP contribution in [-0.4, -0.2) is 51.3 Å². The van der Waals surface area contributed by atoms with Crippen molar-refractivity contribution in [2.24, 2.45) is 0 Å². The number of carbonyl (C=O) groups is 1. The van der Waals surface area contributed by atoms with Crippen LogP contribution in [0.3, 0.4) is 0 Å². The van der Waals surface area contributed by atoms with E-state index in [1.165, 1.54) is 17.1 Å². The quantitative estimate of drug-likeness (QED) is 0.270. The Labute approximate surface area is 242 Å². The van der Waals surface area contributed by atoms with Gasteiger partial charge < -0.3 is 19.8 Å². The molecule has 0 spiro atoms. The molecule has 4 heterocycles. The van der Waals surface area contributed by atoms with E-state index in [-0.39, 0.29) is 40.3 Å². The van der Waals surface area contributed by atoms with Crippen molar-refractivity contribution in [1.82, 2.24) is 24.6 Å². The van der Waals surface area contributed by atoms with E-state index in [1.54, 1.807) is 19.1 Å². The zero-order valence-electron chi connectivity index (χ0n) is 23.1. The van der Waals surface area contributed by atoms with Crippen LogP contribution in [0.25, 0.3) is 38.6 Å². The predicted molar refractivity (Wildman–Crippen MR) is 153 cm³/mol. The third-order valence-corrected chi connectivity index (χ3v) is 7.55. The summed E-state index contributed by atoms with van der Waals surface area (Å²) < 4.78 is 53.6. The van der Waals surface area contributed by atoms with E-state index in [1.807, 2.05) is 19.2 Å². The molecule has 3 aromatic heterocycles. The Kier molecular flexibility index (Phi) is 6.97. The predicted octanol–water partition coefficient (Wildman–Crippen LogP) is 5.06. The van der Waals surface area contributed by atoms with Crippen LogP contribution in [0.4, 0.5) is 19.0 Å². The topological polar surface area (TPSA) is 129 Å². The SMILES string of the molecule is CC(c1oc(=O)c2ccccc2c1C1=CCN(C)CC1)n1nc(-c2cc(OC=O)cc(C(F)(F)F)c2)c2c(N)ncnc21. The summed E-state index contributed by atoms with van der Waals surface area (Å²) in [5.74, 6) is -0.0309. The summed E-state index contributed by atoms with van der Waals surface area (Å²) >= 11 is 0. The molecule has 1 unspecified atom stereocenters. The van der Waals surface area contributed by atoms with Crippen LogP contribution in [0.1, 0.15) is 36.3 Å². The Hall–Kier alpha value is -5.04. The summed E-state index contributed by atoms with van der Waals surface area (Å²) in [4.78, 5) is 34.7. The first kappa shape index (κ1) is 28.1. The van der Waals surface area contributed by atoms with Crippen molar-refractivity contribution in [3.63, 3.8) is 0 Å². The summed E-state index contributed by atoms with van der Waals surface area (Å²) in [6.45, 7) is 3.30. The number of likely N-dealkylation sites (N-methyl/N-ethyl adjacent to an activating group) is 1. The molecule has 0 aliphatic carbocycles. The summed E-state index contributed by atoms with van der Waals surface area (Å²) in [5.41, 5.74) is 6.61. The van der Waals surface area contributed by atoms with Gasteiger partial charge in [0.1, 0.15) is 35.4 Å². The zero-order chi connectivity index (χ0) is 30.5. The molecule has 13 heteroatoms. The van der Waals surface area contributed by atoms with E-state index < -0.39 is 23.4 Å². The molecule has 43 heavy (non-hydrogen) atoms. The second-order valence-electron chi connectivity index (χ2n) is 10.3. The first-order valence-electron chi connectivity index (χ1n) is 13.3. The van der Waals surface area contributed by atoms with Crippen LogP contribution in [0.2, 0.25) is 0 Å². The van der Waals surface area contributed by atoms with Gasteiger partial charge in [-0.2, -0.15) is 18.3 Å². The first-order chi connectivity index (χ1) is 20.6. The van der Waals surface area contributed by atoms with Crippen molar-refractivity contribution < 1.29 is 27.1 Å². The highest BCUT2D eigenvalue weighted by Crippen LogP contribution is 2.40. The molecular weight excluding hydrogens is 565 g/mol. The average Bonchev–Trinajstić information content (AvgIpc) is 3.38. The fourth-order valence-electron chi connectivity index (χ4n) is 5.44. The highest BCUT2D eigenvalue weighted by Gasteiger charge is 2.33. The Balaban J connectivity index is 1.60. The number of anilines is 1. The Morgan fingerprint density at radius 3 is 2.60 bits per heavy atom. The molecule has 0 bridgehead atoms. The maximum absolute atomic E-state index is 13.8. The smallest absolute Gasteiger partial charge is 0.416 e. The Bertz CT molecular complexity index is 1980. The number of carbonyl (C=O) groups excluding carboxylic acids is 1. The third-order valence-electron chi connectivity index (χ3n) is 7.55. The fourth-order valence-corrected chi connectivity index (χ4v) is 5.44. The Morgan fingerprint density at radius 2 is 1.91 bits per heavy atom. The van der Waals surface area contributed by atoms with E-state index >= 15 is 0 Å². The molecule has 0 radical (unpaired) electrons. The minimum absolute atomic E-state index is 0.0214. The molecule has 2 aromatic carbocycles. The molecule has 0 amide bonds. The molecule has 6 rings (SSSR count). The number of aromatic nitrogens is 4. The minimum Gasteiger partial charge on any atom is -0.429 e. The maximum Gasteiger partial charge on any atom is 0.416 e. The van der Waals surface area contributed by atoms with Crippen LogP contribution >= 0.6 is 0 Å². The van der Waals surface area contributed by atoms with E-state index in [0.29, 0.717) is 30.2 Å². The Morgan fingerprint density at radius 1 is 1.14 bits per heavy atom. The van der Waals surface area contributed by atoms with Gasteiger partial charge in [-0.15, -0.1) is 0 Å². The number of halogens is 3. The average molecular weight is 591 g/mol. The van der Waals surface area contributed by atoms with Gasteiger partial charge in [0.25, 0.3) is 6.47 Å². The lowest BCUT2D eigenvalue weighted by atomic mass is 9.92. The number of rotatable bonds is 6. The summed E-state index contributed by atoms with van der Waals surface area (Å²) in [7, 11) is 2.01. The third kappa shape index (κ3) is 5.01.